The van der Waals surface area contributed by atoms with Crippen LogP contribution < -0.4 is 5.73 Å². The van der Waals surface area contributed by atoms with E-state index in [1.165, 1.54) is 0 Å². The quantitative estimate of drug-likeness (QED) is 0.748. The lowest BCUT2D eigenvalue weighted by molar-refractivity contribution is -0.138. The Hall–Kier alpha value is -2.07. The zero-order valence-electron chi connectivity index (χ0n) is 9.31. The molecule has 1 aromatic heterocycles. The molecule has 0 aliphatic rings. The Kier molecular flexibility index (Phi) is 2.97. The van der Waals surface area contributed by atoms with E-state index in [1.54, 1.807) is 12.3 Å². The van der Waals surface area contributed by atoms with Gasteiger partial charge < -0.3 is 15.8 Å². The van der Waals surface area contributed by atoms with Crippen molar-refractivity contribution in [3.05, 3.63) is 42.1 Å². The van der Waals surface area contributed by atoms with Crippen molar-refractivity contribution in [3.63, 3.8) is 0 Å². The first-order valence-corrected chi connectivity index (χ1v) is 5.32. The molecule has 4 heteroatoms. The van der Waals surface area contributed by atoms with Crippen molar-refractivity contribution in [2.24, 2.45) is 5.73 Å². The van der Waals surface area contributed by atoms with Gasteiger partial charge in [0.05, 0.1) is 0 Å². The zero-order chi connectivity index (χ0) is 12.4. The van der Waals surface area contributed by atoms with E-state index < -0.39 is 12.0 Å². The van der Waals surface area contributed by atoms with Crippen molar-refractivity contribution in [2.75, 3.05) is 0 Å². The molecular formula is C13H14N2O2. The Morgan fingerprint density at radius 2 is 2.35 bits per heavy atom. The number of H-pyrrole nitrogens is 1. The third-order valence-corrected chi connectivity index (χ3v) is 2.78. The Balaban J connectivity index is 2.36. The number of nitrogens with two attached hydrogens (primary N) is 1. The van der Waals surface area contributed by atoms with Crippen LogP contribution in [0, 0.1) is 0 Å². The zero-order valence-corrected chi connectivity index (χ0v) is 9.31. The minimum atomic E-state index is -0.984. The molecule has 1 aromatic carbocycles. The summed E-state index contributed by atoms with van der Waals surface area (Å²) in [6, 6.07) is 5.00. The minimum absolute atomic E-state index is 0.322. The number of carboxylic acid groups (broad SMARTS) is 1. The second-order valence-corrected chi connectivity index (χ2v) is 3.97. The summed E-state index contributed by atoms with van der Waals surface area (Å²) in [5.74, 6) is -0.984. The standard InChI is InChI=1S/C13H14N2O2/c1-2-8-3-4-10-9(6-11(14)13(16)17)7-15-12(10)5-8/h2-5,7,11,15H,1,6,14H2,(H,16,17). The largest absolute Gasteiger partial charge is 0.480 e. The Bertz CT molecular complexity index is 572. The summed E-state index contributed by atoms with van der Waals surface area (Å²) in [5, 5.41) is 9.79. The van der Waals surface area contributed by atoms with Crippen molar-refractivity contribution >= 4 is 22.9 Å². The smallest absolute Gasteiger partial charge is 0.320 e. The average molecular weight is 230 g/mol. The van der Waals surface area contributed by atoms with Gasteiger partial charge in [0, 0.05) is 23.5 Å². The highest BCUT2D eigenvalue weighted by atomic mass is 16.4. The SMILES string of the molecule is C=Cc1ccc2c(CC(N)C(=O)O)c[nH]c2c1. The molecule has 88 valence electrons. The number of nitrogens with one attached hydrogen (secondary N) is 1. The second kappa shape index (κ2) is 4.43. The van der Waals surface area contributed by atoms with Crippen LogP contribution >= 0.6 is 0 Å². The molecule has 1 heterocycles. The maximum Gasteiger partial charge on any atom is 0.320 e. The molecule has 0 aliphatic carbocycles. The lowest BCUT2D eigenvalue weighted by Gasteiger charge is -2.04. The molecule has 4 N–H and O–H groups in total. The first kappa shape index (κ1) is 11.4. The number of carbonyl (C=O) groups is 1. The molecule has 0 radical (unpaired) electrons. The Morgan fingerprint density at radius 1 is 1.59 bits per heavy atom. The lowest BCUT2D eigenvalue weighted by atomic mass is 10.0. The second-order valence-electron chi connectivity index (χ2n) is 3.97. The summed E-state index contributed by atoms with van der Waals surface area (Å²) in [6.45, 7) is 3.70. The number of carboxylic acids is 1. The van der Waals surface area contributed by atoms with Crippen LogP contribution in [0.15, 0.2) is 31.0 Å². The van der Waals surface area contributed by atoms with Gasteiger partial charge in [-0.2, -0.15) is 0 Å². The van der Waals surface area contributed by atoms with Crippen LogP contribution in [-0.4, -0.2) is 22.1 Å². The highest BCUT2D eigenvalue weighted by molar-refractivity contribution is 5.86. The summed E-state index contributed by atoms with van der Waals surface area (Å²) >= 11 is 0. The summed E-state index contributed by atoms with van der Waals surface area (Å²) in [4.78, 5) is 13.8. The van der Waals surface area contributed by atoms with Crippen molar-refractivity contribution in [2.45, 2.75) is 12.5 Å². The fourth-order valence-corrected chi connectivity index (χ4v) is 1.82. The van der Waals surface area contributed by atoms with Gasteiger partial charge in [0.1, 0.15) is 6.04 Å². The molecule has 0 saturated heterocycles. The maximum absolute atomic E-state index is 10.7. The van der Waals surface area contributed by atoms with Crippen molar-refractivity contribution in [1.82, 2.24) is 4.98 Å². The summed E-state index contributed by atoms with van der Waals surface area (Å²) in [6.07, 6.45) is 3.89. The van der Waals surface area contributed by atoms with Crippen LogP contribution in [0.25, 0.3) is 17.0 Å². The third kappa shape index (κ3) is 2.21. The number of aromatic amines is 1. The van der Waals surface area contributed by atoms with Gasteiger partial charge >= 0.3 is 5.97 Å². The van der Waals surface area contributed by atoms with E-state index in [9.17, 15) is 4.79 Å². The van der Waals surface area contributed by atoms with Crippen LogP contribution in [0.3, 0.4) is 0 Å². The molecule has 4 nitrogen and oxygen atoms in total. The molecule has 17 heavy (non-hydrogen) atoms. The van der Waals surface area contributed by atoms with Crippen LogP contribution in [0.4, 0.5) is 0 Å². The predicted octanol–water partition coefficient (Wildman–Crippen LogP) is 1.77. The van der Waals surface area contributed by atoms with E-state index in [0.717, 1.165) is 22.0 Å². The van der Waals surface area contributed by atoms with Gasteiger partial charge in [0.15, 0.2) is 0 Å². The monoisotopic (exact) mass is 230 g/mol. The first-order valence-electron chi connectivity index (χ1n) is 5.32. The van der Waals surface area contributed by atoms with Crippen LogP contribution in [0.5, 0.6) is 0 Å². The summed E-state index contributed by atoms with van der Waals surface area (Å²) in [5.41, 5.74) is 8.44. The highest BCUT2D eigenvalue weighted by Gasteiger charge is 2.14. The summed E-state index contributed by atoms with van der Waals surface area (Å²) in [7, 11) is 0. The van der Waals surface area contributed by atoms with Crippen molar-refractivity contribution in [1.29, 1.82) is 0 Å². The Labute approximate surface area is 98.8 Å². The van der Waals surface area contributed by atoms with E-state index in [-0.39, 0.29) is 0 Å². The fraction of sp³-hybridized carbons (Fsp3) is 0.154. The first-order chi connectivity index (χ1) is 8.11. The average Bonchev–Trinajstić information content (AvgIpc) is 2.71. The van der Waals surface area contributed by atoms with Gasteiger partial charge in [0.25, 0.3) is 0 Å². The number of aromatic nitrogens is 1. The molecule has 0 saturated carbocycles. The number of hydrogen-bond acceptors (Lipinski definition) is 2. The van der Waals surface area contributed by atoms with E-state index in [4.69, 9.17) is 10.8 Å². The van der Waals surface area contributed by atoms with Gasteiger partial charge in [-0.1, -0.05) is 24.8 Å². The normalized spacial score (nSPS) is 12.5. The molecule has 0 fully saturated rings. The van der Waals surface area contributed by atoms with Crippen LogP contribution in [0.2, 0.25) is 0 Å². The molecule has 0 aliphatic heterocycles. The topological polar surface area (TPSA) is 79.1 Å². The van der Waals surface area contributed by atoms with Gasteiger partial charge in [-0.15, -0.1) is 0 Å². The summed E-state index contributed by atoms with van der Waals surface area (Å²) < 4.78 is 0. The van der Waals surface area contributed by atoms with Gasteiger partial charge in [-0.3, -0.25) is 4.79 Å². The highest BCUT2D eigenvalue weighted by Crippen LogP contribution is 2.21. The van der Waals surface area contributed by atoms with Crippen LogP contribution in [-0.2, 0) is 11.2 Å². The predicted molar refractivity (Wildman–Crippen MR) is 67.7 cm³/mol. The minimum Gasteiger partial charge on any atom is -0.480 e. The molecule has 1 atom stereocenters. The van der Waals surface area contributed by atoms with Crippen molar-refractivity contribution in [3.8, 4) is 0 Å². The number of hydrogen-bond donors (Lipinski definition) is 3. The van der Waals surface area contributed by atoms with E-state index in [2.05, 4.69) is 11.6 Å². The Morgan fingerprint density at radius 3 is 3.00 bits per heavy atom. The fourth-order valence-electron chi connectivity index (χ4n) is 1.82. The third-order valence-electron chi connectivity index (χ3n) is 2.78. The molecule has 0 bridgehead atoms. The van der Waals surface area contributed by atoms with Crippen LogP contribution in [0.1, 0.15) is 11.1 Å². The molecule has 1 unspecified atom stereocenters. The molecule has 2 rings (SSSR count). The number of benzene rings is 1. The van der Waals surface area contributed by atoms with Gasteiger partial charge in [0.2, 0.25) is 0 Å². The van der Waals surface area contributed by atoms with E-state index in [0.29, 0.717) is 6.42 Å². The molecule has 2 aromatic rings. The van der Waals surface area contributed by atoms with Gasteiger partial charge in [-0.05, 0) is 17.2 Å². The van der Waals surface area contributed by atoms with Crippen molar-refractivity contribution < 1.29 is 9.90 Å². The number of fused-ring (bicyclic) bond motifs is 1. The molecule has 0 spiro atoms. The molecule has 0 amide bonds. The van der Waals surface area contributed by atoms with Gasteiger partial charge in [-0.25, -0.2) is 0 Å². The lowest BCUT2D eigenvalue weighted by Crippen LogP contribution is -2.32. The van der Waals surface area contributed by atoms with E-state index in [1.807, 2.05) is 18.2 Å². The van der Waals surface area contributed by atoms with E-state index >= 15 is 0 Å². The molecular weight excluding hydrogens is 216 g/mol. The maximum atomic E-state index is 10.7. The number of rotatable bonds is 4. The number of aliphatic carboxylic acids is 1.